The Kier molecular flexibility index (Phi) is 3.09. The smallest absolute Gasteiger partial charge is 0.152 e. The fraction of sp³-hybridized carbons (Fsp3) is 1.00. The maximum atomic E-state index is 11.0. The van der Waals surface area contributed by atoms with E-state index in [1.807, 2.05) is 0 Å². The minimum atomic E-state index is -3.01. The van der Waals surface area contributed by atoms with Crippen molar-refractivity contribution in [1.82, 2.24) is 0 Å². The predicted octanol–water partition coefficient (Wildman–Crippen LogP) is -0.836. The Morgan fingerprint density at radius 2 is 2.08 bits per heavy atom. The molecule has 0 spiro atoms. The summed E-state index contributed by atoms with van der Waals surface area (Å²) in [6, 6.07) is 0. The molecule has 0 aromatic carbocycles. The van der Waals surface area contributed by atoms with E-state index >= 15 is 0 Å². The first-order valence-electron chi connectivity index (χ1n) is 4.04. The molecular weight excluding hydrogens is 180 g/mol. The standard InChI is InChI=1S/C7H14O4S/c8-3-1-6-2-4-12(10,11)5-7(6)9/h6-9H,1-5H2. The van der Waals surface area contributed by atoms with Crippen molar-refractivity contribution < 1.29 is 18.6 Å². The van der Waals surface area contributed by atoms with Gasteiger partial charge in [-0.1, -0.05) is 0 Å². The van der Waals surface area contributed by atoms with E-state index in [0.29, 0.717) is 12.8 Å². The van der Waals surface area contributed by atoms with Crippen molar-refractivity contribution in [3.63, 3.8) is 0 Å². The monoisotopic (exact) mass is 194 g/mol. The molecular formula is C7H14O4S. The molecule has 12 heavy (non-hydrogen) atoms. The first-order chi connectivity index (χ1) is 5.55. The number of rotatable bonds is 2. The maximum absolute atomic E-state index is 11.0. The molecule has 2 atom stereocenters. The molecule has 1 saturated heterocycles. The van der Waals surface area contributed by atoms with Crippen LogP contribution in [0.2, 0.25) is 0 Å². The van der Waals surface area contributed by atoms with E-state index in [-0.39, 0.29) is 24.0 Å². The van der Waals surface area contributed by atoms with Gasteiger partial charge in [0.1, 0.15) is 0 Å². The number of sulfone groups is 1. The highest BCUT2D eigenvalue weighted by atomic mass is 32.2. The molecule has 0 bridgehead atoms. The highest BCUT2D eigenvalue weighted by molar-refractivity contribution is 7.91. The van der Waals surface area contributed by atoms with E-state index in [9.17, 15) is 13.5 Å². The van der Waals surface area contributed by atoms with Gasteiger partial charge >= 0.3 is 0 Å². The molecule has 1 fully saturated rings. The number of hydrogen-bond donors (Lipinski definition) is 2. The minimum absolute atomic E-state index is 0.0156. The van der Waals surface area contributed by atoms with Crippen LogP contribution < -0.4 is 0 Å². The van der Waals surface area contributed by atoms with Crippen molar-refractivity contribution in [1.29, 1.82) is 0 Å². The van der Waals surface area contributed by atoms with Gasteiger partial charge in [0.15, 0.2) is 9.84 Å². The van der Waals surface area contributed by atoms with Crippen LogP contribution in [-0.4, -0.2) is 42.8 Å². The topological polar surface area (TPSA) is 74.6 Å². The molecule has 4 nitrogen and oxygen atoms in total. The van der Waals surface area contributed by atoms with E-state index in [1.54, 1.807) is 0 Å². The van der Waals surface area contributed by atoms with E-state index in [0.717, 1.165) is 0 Å². The summed E-state index contributed by atoms with van der Waals surface area (Å²) in [4.78, 5) is 0. The lowest BCUT2D eigenvalue weighted by Gasteiger charge is -2.26. The summed E-state index contributed by atoms with van der Waals surface area (Å²) in [6.45, 7) is 0.0156. The van der Waals surface area contributed by atoms with E-state index in [2.05, 4.69) is 0 Å². The van der Waals surface area contributed by atoms with Crippen LogP contribution in [-0.2, 0) is 9.84 Å². The van der Waals surface area contributed by atoms with Gasteiger partial charge in [-0.3, -0.25) is 0 Å². The summed E-state index contributed by atoms with van der Waals surface area (Å²) in [7, 11) is -3.01. The average Bonchev–Trinajstić information content (AvgIpc) is 1.94. The number of aliphatic hydroxyl groups excluding tert-OH is 2. The Balaban J connectivity index is 2.54. The highest BCUT2D eigenvalue weighted by Crippen LogP contribution is 2.21. The molecule has 1 aliphatic rings. The van der Waals surface area contributed by atoms with E-state index in [1.165, 1.54) is 0 Å². The molecule has 0 aromatic heterocycles. The molecule has 0 amide bonds. The van der Waals surface area contributed by atoms with Crippen LogP contribution in [0.4, 0.5) is 0 Å². The second-order valence-corrected chi connectivity index (χ2v) is 5.47. The molecule has 1 rings (SSSR count). The Hall–Kier alpha value is -0.130. The van der Waals surface area contributed by atoms with Gasteiger partial charge in [0, 0.05) is 6.61 Å². The van der Waals surface area contributed by atoms with E-state index in [4.69, 9.17) is 5.11 Å². The van der Waals surface area contributed by atoms with Gasteiger partial charge < -0.3 is 10.2 Å². The Morgan fingerprint density at radius 1 is 1.42 bits per heavy atom. The fourth-order valence-corrected chi connectivity index (χ4v) is 3.13. The molecule has 0 saturated carbocycles. The van der Waals surface area contributed by atoms with Crippen molar-refractivity contribution in [2.24, 2.45) is 5.92 Å². The third-order valence-corrected chi connectivity index (χ3v) is 3.98. The predicted molar refractivity (Wildman–Crippen MR) is 44.5 cm³/mol. The molecule has 72 valence electrons. The van der Waals surface area contributed by atoms with Gasteiger partial charge in [-0.25, -0.2) is 8.42 Å². The van der Waals surface area contributed by atoms with Gasteiger partial charge in [-0.2, -0.15) is 0 Å². The van der Waals surface area contributed by atoms with Crippen LogP contribution in [0.1, 0.15) is 12.8 Å². The first kappa shape index (κ1) is 9.95. The third-order valence-electron chi connectivity index (χ3n) is 2.27. The van der Waals surface area contributed by atoms with Gasteiger partial charge in [-0.15, -0.1) is 0 Å². The molecule has 5 heteroatoms. The zero-order chi connectivity index (χ0) is 9.19. The SMILES string of the molecule is O=S1(=O)CCC(CCO)C(O)C1. The third kappa shape index (κ3) is 2.43. The summed E-state index contributed by atoms with van der Waals surface area (Å²) < 4.78 is 22.0. The summed E-state index contributed by atoms with van der Waals surface area (Å²) in [5.41, 5.74) is 0. The minimum Gasteiger partial charge on any atom is -0.396 e. The van der Waals surface area contributed by atoms with Gasteiger partial charge in [-0.05, 0) is 18.8 Å². The fourth-order valence-electron chi connectivity index (χ4n) is 1.51. The Labute approximate surface area is 72.1 Å². The number of aliphatic hydroxyl groups is 2. The highest BCUT2D eigenvalue weighted by Gasteiger charge is 2.30. The molecule has 2 unspecified atom stereocenters. The van der Waals surface area contributed by atoms with E-state index < -0.39 is 15.9 Å². The van der Waals surface area contributed by atoms with Crippen LogP contribution in [0.15, 0.2) is 0 Å². The van der Waals surface area contributed by atoms with Crippen LogP contribution in [0.5, 0.6) is 0 Å². The van der Waals surface area contributed by atoms with Crippen LogP contribution in [0.3, 0.4) is 0 Å². The molecule has 1 aliphatic heterocycles. The molecule has 2 N–H and O–H groups in total. The lowest BCUT2D eigenvalue weighted by Crippen LogP contribution is -2.37. The Bertz CT molecular complexity index is 234. The largest absolute Gasteiger partial charge is 0.396 e. The molecule has 0 aliphatic carbocycles. The molecule has 0 radical (unpaired) electrons. The summed E-state index contributed by atoms with van der Waals surface area (Å²) in [5, 5.41) is 18.0. The normalized spacial score (nSPS) is 34.8. The summed E-state index contributed by atoms with van der Waals surface area (Å²) in [5.74, 6) is -0.0367. The molecule has 1 heterocycles. The lowest BCUT2D eigenvalue weighted by molar-refractivity contribution is 0.100. The summed E-state index contributed by atoms with van der Waals surface area (Å²) in [6.07, 6.45) is 0.191. The Morgan fingerprint density at radius 3 is 2.58 bits per heavy atom. The average molecular weight is 194 g/mol. The number of hydrogen-bond acceptors (Lipinski definition) is 4. The second kappa shape index (κ2) is 3.72. The first-order valence-corrected chi connectivity index (χ1v) is 5.86. The van der Waals surface area contributed by atoms with Gasteiger partial charge in [0.2, 0.25) is 0 Å². The van der Waals surface area contributed by atoms with Crippen molar-refractivity contribution in [3.05, 3.63) is 0 Å². The van der Waals surface area contributed by atoms with Gasteiger partial charge in [0.25, 0.3) is 0 Å². The molecule has 0 aromatic rings. The zero-order valence-corrected chi connectivity index (χ0v) is 7.63. The summed E-state index contributed by atoms with van der Waals surface area (Å²) >= 11 is 0. The van der Waals surface area contributed by atoms with Crippen molar-refractivity contribution in [2.45, 2.75) is 18.9 Å². The second-order valence-electron chi connectivity index (χ2n) is 3.24. The van der Waals surface area contributed by atoms with Crippen molar-refractivity contribution in [3.8, 4) is 0 Å². The lowest BCUT2D eigenvalue weighted by atomic mass is 9.97. The van der Waals surface area contributed by atoms with Crippen molar-refractivity contribution >= 4 is 9.84 Å². The zero-order valence-electron chi connectivity index (χ0n) is 6.81. The quantitative estimate of drug-likeness (QED) is 0.601. The van der Waals surface area contributed by atoms with Gasteiger partial charge in [0.05, 0.1) is 17.6 Å². The van der Waals surface area contributed by atoms with Crippen LogP contribution >= 0.6 is 0 Å². The van der Waals surface area contributed by atoms with Crippen LogP contribution in [0, 0.1) is 5.92 Å². The maximum Gasteiger partial charge on any atom is 0.152 e. The van der Waals surface area contributed by atoms with Crippen molar-refractivity contribution in [2.75, 3.05) is 18.1 Å². The van der Waals surface area contributed by atoms with Crippen LogP contribution in [0.25, 0.3) is 0 Å².